The minimum atomic E-state index is -1.75. The van der Waals surface area contributed by atoms with Crippen molar-refractivity contribution in [1.29, 1.82) is 0 Å². The van der Waals surface area contributed by atoms with E-state index in [1.807, 2.05) is 0 Å². The average molecular weight is 1220 g/mol. The van der Waals surface area contributed by atoms with E-state index in [9.17, 15) is 43.5 Å². The van der Waals surface area contributed by atoms with Gasteiger partial charge in [-0.25, -0.2) is 0 Å². The van der Waals surface area contributed by atoms with E-state index in [4.69, 9.17) is 75.8 Å². The third-order valence-corrected chi connectivity index (χ3v) is 20.1. The van der Waals surface area contributed by atoms with Gasteiger partial charge in [-0.1, -0.05) is 39.3 Å². The third-order valence-electron chi connectivity index (χ3n) is 20.1. The fraction of sp³-hybridized carbons (Fsp3) is 0.836. The van der Waals surface area contributed by atoms with Crippen molar-refractivity contribution in [3.05, 3.63) is 11.6 Å². The minimum absolute atomic E-state index is 0.192. The molecule has 5 aliphatic heterocycles. The first-order valence-corrected chi connectivity index (χ1v) is 30.4. The number of aliphatic hydroxyl groups is 1. The van der Waals surface area contributed by atoms with Crippen LogP contribution in [0.5, 0.6) is 0 Å². The summed E-state index contributed by atoms with van der Waals surface area (Å²) in [4.78, 5) is 103. The zero-order valence-electron chi connectivity index (χ0n) is 51.8. The van der Waals surface area contributed by atoms with Gasteiger partial charge in [0.15, 0.2) is 73.5 Å². The molecule has 1 spiro atoms. The van der Waals surface area contributed by atoms with E-state index < -0.39 is 169 Å². The zero-order chi connectivity index (χ0) is 62.7. The molecule has 25 nitrogen and oxygen atoms in total. The van der Waals surface area contributed by atoms with Crippen LogP contribution in [-0.4, -0.2) is 182 Å². The predicted octanol–water partition coefficient (Wildman–Crippen LogP) is 4.92. The van der Waals surface area contributed by atoms with E-state index in [0.29, 0.717) is 31.8 Å². The number of hydrogen-bond acceptors (Lipinski definition) is 25. The molecule has 4 aliphatic carbocycles. The number of carbonyl (C=O) groups is 8. The van der Waals surface area contributed by atoms with Crippen LogP contribution in [0.3, 0.4) is 0 Å². The second-order valence-corrected chi connectivity index (χ2v) is 25.9. The molecular formula is C61H88O25. The largest absolute Gasteiger partial charge is 0.463 e. The molecule has 8 fully saturated rings. The van der Waals surface area contributed by atoms with E-state index in [-0.39, 0.29) is 35.2 Å². The van der Waals surface area contributed by atoms with Gasteiger partial charge in [0.05, 0.1) is 31.0 Å². The van der Waals surface area contributed by atoms with Crippen molar-refractivity contribution in [3.63, 3.8) is 0 Å². The number of rotatable bonds is 15. The second-order valence-electron chi connectivity index (χ2n) is 25.9. The van der Waals surface area contributed by atoms with Crippen molar-refractivity contribution >= 4 is 47.8 Å². The van der Waals surface area contributed by atoms with Crippen LogP contribution >= 0.6 is 0 Å². The van der Waals surface area contributed by atoms with Crippen LogP contribution in [0, 0.1) is 40.4 Å². The van der Waals surface area contributed by atoms with Crippen molar-refractivity contribution in [1.82, 2.24) is 0 Å². The molecule has 0 unspecified atom stereocenters. The van der Waals surface area contributed by atoms with Crippen molar-refractivity contribution in [2.24, 2.45) is 40.4 Å². The molecule has 0 aromatic heterocycles. The van der Waals surface area contributed by atoms with Crippen molar-refractivity contribution in [3.8, 4) is 0 Å². The SMILES string of the molecule is CC(=O)OC[C@H]1O[C@@H](O[C@H]2CC[C@@]3(C)C(=CC[C@@H]4[C@@H]3CC[C@@]3(C)[C@H]4C[C@@H]4O[C@]5(CC[C@@H](C)CO5)[C@@H](C)[C@@]43O)C2)[C@H](O[C@@H]2O[C@@H](C)[C@H](OC(C)=O)[C@@H](OC(C)=O)[C@H]2OC(C)=O)[C@@H](OC(C)=O)[C@@H]1O[C@@H]1O[C@@H](C)[C@H](OC(C)=O)[C@@H](OC(C)=O)[C@H]1OC(C)=O. The van der Waals surface area contributed by atoms with Gasteiger partial charge in [0.2, 0.25) is 0 Å². The molecule has 5 saturated heterocycles. The molecule has 0 radical (unpaired) electrons. The standard InChI is InChI=1S/C61H88O25/c1-27-17-22-60(72-25-27)30(4)61(70)45(86-60)24-43-41-16-15-39-23-40(18-20-58(39,13)42(41)19-21-59(43,61)14)82-57-54(85-56-53(81-38(12)69)50(78-35(9)66)47(29(3)74-56)76-33(7)64)51(79-36(10)67)48(44(83-57)26-71-31(5)62)84-55-52(80-37(11)68)49(77-34(8)65)46(28(2)73-55)75-32(6)63/h15,27-30,40-57,70H,16-26H2,1-14H3/t27-,28+,29+,30-,40+,41-,42+,43+,44-,45+,46+,47+,48-,49-,50-,51+,52-,53-,54-,55+,56+,57-,58+,59+,60-,61-/m1/s1. The van der Waals surface area contributed by atoms with E-state index in [1.165, 1.54) is 19.4 Å². The first kappa shape index (κ1) is 65.6. The van der Waals surface area contributed by atoms with Crippen LogP contribution in [0.1, 0.15) is 155 Å². The van der Waals surface area contributed by atoms with Crippen molar-refractivity contribution in [2.45, 2.75) is 270 Å². The summed E-state index contributed by atoms with van der Waals surface area (Å²) in [5, 5.41) is 13.0. The van der Waals surface area contributed by atoms with Gasteiger partial charge in [-0.3, -0.25) is 38.4 Å². The van der Waals surface area contributed by atoms with Gasteiger partial charge in [-0.2, -0.15) is 0 Å². The van der Waals surface area contributed by atoms with Gasteiger partial charge in [0.25, 0.3) is 0 Å². The van der Waals surface area contributed by atoms with Gasteiger partial charge < -0.3 is 80.9 Å². The highest BCUT2D eigenvalue weighted by atomic mass is 16.8. The minimum Gasteiger partial charge on any atom is -0.463 e. The number of esters is 8. The molecule has 0 amide bonds. The number of ether oxygens (including phenoxy) is 16. The Morgan fingerprint density at radius 1 is 0.547 bits per heavy atom. The van der Waals surface area contributed by atoms with Crippen LogP contribution < -0.4 is 0 Å². The lowest BCUT2D eigenvalue weighted by Gasteiger charge is -2.60. The van der Waals surface area contributed by atoms with Crippen LogP contribution in [-0.2, 0) is 114 Å². The molecule has 26 atom stereocenters. The smallest absolute Gasteiger partial charge is 0.303 e. The quantitative estimate of drug-likeness (QED) is 0.129. The summed E-state index contributed by atoms with van der Waals surface area (Å²) in [6.45, 7) is 20.8. The highest BCUT2D eigenvalue weighted by Crippen LogP contribution is 2.72. The molecule has 86 heavy (non-hydrogen) atoms. The maximum Gasteiger partial charge on any atom is 0.303 e. The number of hydrogen-bond donors (Lipinski definition) is 1. The molecule has 9 rings (SSSR count). The summed E-state index contributed by atoms with van der Waals surface area (Å²) >= 11 is 0. The molecule has 0 aromatic carbocycles. The molecule has 25 heteroatoms. The van der Waals surface area contributed by atoms with Crippen LogP contribution in [0.25, 0.3) is 0 Å². The summed E-state index contributed by atoms with van der Waals surface area (Å²) in [6, 6.07) is 0. The van der Waals surface area contributed by atoms with Gasteiger partial charge in [0.1, 0.15) is 24.4 Å². The Morgan fingerprint density at radius 2 is 1.03 bits per heavy atom. The third kappa shape index (κ3) is 12.7. The lowest BCUT2D eigenvalue weighted by Crippen LogP contribution is -2.68. The normalized spacial score (nSPS) is 45.0. The maximum atomic E-state index is 13.6. The summed E-state index contributed by atoms with van der Waals surface area (Å²) in [6.07, 6.45) is -15.1. The first-order chi connectivity index (χ1) is 40.4. The van der Waals surface area contributed by atoms with Crippen LogP contribution in [0.2, 0.25) is 0 Å². The summed E-state index contributed by atoms with van der Waals surface area (Å²) < 4.78 is 99.4. The number of fused-ring (bicyclic) bond motifs is 7. The molecule has 0 bridgehead atoms. The monoisotopic (exact) mass is 1220 g/mol. The number of carbonyl (C=O) groups excluding carboxylic acids is 8. The molecular weight excluding hydrogens is 1130 g/mol. The fourth-order valence-corrected chi connectivity index (χ4v) is 16.3. The Kier molecular flexibility index (Phi) is 19.5. The highest BCUT2D eigenvalue weighted by molar-refractivity contribution is 5.70. The van der Waals surface area contributed by atoms with Gasteiger partial charge in [-0.15, -0.1) is 0 Å². The fourth-order valence-electron chi connectivity index (χ4n) is 16.3. The van der Waals surface area contributed by atoms with Gasteiger partial charge in [0, 0.05) is 73.1 Å². The van der Waals surface area contributed by atoms with Gasteiger partial charge >= 0.3 is 47.8 Å². The van der Waals surface area contributed by atoms with E-state index in [2.05, 4.69) is 33.8 Å². The topological polar surface area (TPSA) is 304 Å². The summed E-state index contributed by atoms with van der Waals surface area (Å²) in [7, 11) is 0. The zero-order valence-corrected chi connectivity index (χ0v) is 51.8. The maximum absolute atomic E-state index is 13.6. The lowest BCUT2D eigenvalue weighted by atomic mass is 9.46. The second kappa shape index (κ2) is 25.6. The predicted molar refractivity (Wildman–Crippen MR) is 291 cm³/mol. The average Bonchev–Trinajstić information content (AvgIpc) is 1.49. The molecule has 1 N–H and O–H groups in total. The van der Waals surface area contributed by atoms with Crippen molar-refractivity contribution in [2.75, 3.05) is 13.2 Å². The van der Waals surface area contributed by atoms with E-state index in [1.54, 1.807) is 0 Å². The van der Waals surface area contributed by atoms with E-state index in [0.717, 1.165) is 93.9 Å². The first-order valence-electron chi connectivity index (χ1n) is 30.4. The van der Waals surface area contributed by atoms with Crippen LogP contribution in [0.4, 0.5) is 0 Å². The Bertz CT molecular complexity index is 2600. The Morgan fingerprint density at radius 3 is 1.53 bits per heavy atom. The Hall–Kier alpha value is -4.86. The molecule has 9 aliphatic rings. The number of allylic oxidation sites excluding steroid dienone is 1. The van der Waals surface area contributed by atoms with Gasteiger partial charge in [-0.05, 0) is 94.3 Å². The van der Waals surface area contributed by atoms with Crippen molar-refractivity contribution < 1.29 is 119 Å². The summed E-state index contributed by atoms with van der Waals surface area (Å²) in [5.41, 5.74) is -0.543. The lowest BCUT2D eigenvalue weighted by molar-refractivity contribution is -0.389. The molecule has 0 aromatic rings. The summed E-state index contributed by atoms with van der Waals surface area (Å²) in [5.74, 6) is -6.52. The Balaban J connectivity index is 1.07. The molecule has 5 heterocycles. The highest BCUT2D eigenvalue weighted by Gasteiger charge is 2.76. The van der Waals surface area contributed by atoms with Crippen LogP contribution in [0.15, 0.2) is 11.6 Å². The van der Waals surface area contributed by atoms with E-state index >= 15 is 0 Å². The Labute approximate surface area is 501 Å². The molecule has 482 valence electrons. The molecule has 3 saturated carbocycles.